The van der Waals surface area contributed by atoms with Crippen molar-refractivity contribution in [3.8, 4) is 0 Å². The molecule has 3 rings (SSSR count). The lowest BCUT2D eigenvalue weighted by atomic mass is 9.88. The van der Waals surface area contributed by atoms with Gasteiger partial charge >= 0.3 is 12.1 Å². The fourth-order valence-electron chi connectivity index (χ4n) is 5.30. The number of nitrogens with one attached hydrogen (secondary N) is 2. The van der Waals surface area contributed by atoms with Crippen LogP contribution in [0.2, 0.25) is 0 Å². The molecule has 0 aliphatic carbocycles. The summed E-state index contributed by atoms with van der Waals surface area (Å²) in [4.78, 5) is 39.4. The lowest BCUT2D eigenvalue weighted by Gasteiger charge is -2.38. The number of hydrogen-bond donors (Lipinski definition) is 3. The van der Waals surface area contributed by atoms with Gasteiger partial charge in [-0.25, -0.2) is 4.79 Å². The molecule has 8 heteroatoms. The molecule has 37 heavy (non-hydrogen) atoms. The van der Waals surface area contributed by atoms with E-state index >= 15 is 0 Å². The standard InChI is InChI=1S/C29H39N3O5/c1-4-21(5-2)16-24(30-20(3)33)27-25(31-29(36)37-19-23-14-10-7-11-15-23)17-26(28(34)35)32(27)18-22-12-8-6-9-13-22/h6-15,21,24-27H,4-5,16-19H2,1-3H3,(H,30,33)(H,31,36)(H,34,35)/t24?,25?,26-,27?/m0/s1. The number of carbonyl (C=O) groups excluding carboxylic acids is 2. The Hall–Kier alpha value is -3.39. The SMILES string of the molecule is CCC(CC)CC(NC(C)=O)C1C(NC(=O)OCc2ccccc2)C[C@@H](C(=O)O)N1Cc1ccccc1. The van der Waals surface area contributed by atoms with E-state index in [1.807, 2.05) is 65.6 Å². The third-order valence-electron chi connectivity index (χ3n) is 7.22. The van der Waals surface area contributed by atoms with E-state index < -0.39 is 30.2 Å². The average Bonchev–Trinajstić information content (AvgIpc) is 3.23. The zero-order chi connectivity index (χ0) is 26.8. The Balaban J connectivity index is 1.90. The Morgan fingerprint density at radius 3 is 2.14 bits per heavy atom. The van der Waals surface area contributed by atoms with Crippen LogP contribution in [0, 0.1) is 5.92 Å². The van der Waals surface area contributed by atoms with Crippen LogP contribution in [0.5, 0.6) is 0 Å². The van der Waals surface area contributed by atoms with E-state index in [0.29, 0.717) is 18.9 Å². The molecule has 3 unspecified atom stereocenters. The number of ether oxygens (including phenoxy) is 1. The summed E-state index contributed by atoms with van der Waals surface area (Å²) in [6.45, 7) is 6.21. The van der Waals surface area contributed by atoms with Crippen LogP contribution in [0.3, 0.4) is 0 Å². The van der Waals surface area contributed by atoms with Gasteiger partial charge in [0.15, 0.2) is 0 Å². The van der Waals surface area contributed by atoms with Crippen molar-refractivity contribution in [3.05, 3.63) is 71.8 Å². The van der Waals surface area contributed by atoms with E-state index in [9.17, 15) is 19.5 Å². The molecule has 2 aromatic carbocycles. The van der Waals surface area contributed by atoms with Gasteiger partial charge in [-0.3, -0.25) is 14.5 Å². The van der Waals surface area contributed by atoms with Crippen molar-refractivity contribution in [3.63, 3.8) is 0 Å². The van der Waals surface area contributed by atoms with Crippen molar-refractivity contribution in [2.24, 2.45) is 5.92 Å². The largest absolute Gasteiger partial charge is 0.480 e. The van der Waals surface area contributed by atoms with E-state index in [2.05, 4.69) is 24.5 Å². The van der Waals surface area contributed by atoms with Crippen molar-refractivity contribution in [1.29, 1.82) is 0 Å². The van der Waals surface area contributed by atoms with Crippen LogP contribution in [-0.2, 0) is 27.5 Å². The molecule has 200 valence electrons. The minimum absolute atomic E-state index is 0.114. The summed E-state index contributed by atoms with van der Waals surface area (Å²) in [5, 5.41) is 16.2. The Morgan fingerprint density at radius 2 is 1.59 bits per heavy atom. The second-order valence-corrected chi connectivity index (χ2v) is 9.78. The first-order chi connectivity index (χ1) is 17.8. The smallest absolute Gasteiger partial charge is 0.407 e. The molecule has 8 nitrogen and oxygen atoms in total. The highest BCUT2D eigenvalue weighted by Gasteiger charge is 2.49. The quantitative estimate of drug-likeness (QED) is 0.393. The Bertz CT molecular complexity index is 1010. The molecule has 1 aliphatic rings. The number of likely N-dealkylation sites (tertiary alicyclic amines) is 1. The number of alkyl carbamates (subject to hydrolysis) is 1. The van der Waals surface area contributed by atoms with Crippen LogP contribution in [0.4, 0.5) is 4.79 Å². The number of amides is 2. The molecule has 1 heterocycles. The molecule has 0 bridgehead atoms. The van der Waals surface area contributed by atoms with E-state index in [1.54, 1.807) is 0 Å². The number of benzene rings is 2. The van der Waals surface area contributed by atoms with Crippen LogP contribution in [0.25, 0.3) is 0 Å². The zero-order valence-electron chi connectivity index (χ0n) is 21.9. The van der Waals surface area contributed by atoms with Crippen LogP contribution >= 0.6 is 0 Å². The number of carboxylic acids is 1. The average molecular weight is 510 g/mol. The van der Waals surface area contributed by atoms with Gasteiger partial charge < -0.3 is 20.5 Å². The van der Waals surface area contributed by atoms with Crippen LogP contribution in [0.1, 0.15) is 57.6 Å². The minimum Gasteiger partial charge on any atom is -0.480 e. The minimum atomic E-state index is -0.952. The van der Waals surface area contributed by atoms with Crippen LogP contribution < -0.4 is 10.6 Å². The van der Waals surface area contributed by atoms with Crippen molar-refractivity contribution < 1.29 is 24.2 Å². The number of hydrogen-bond acceptors (Lipinski definition) is 5. The molecule has 1 aliphatic heterocycles. The third-order valence-corrected chi connectivity index (χ3v) is 7.22. The molecule has 0 radical (unpaired) electrons. The second-order valence-electron chi connectivity index (χ2n) is 9.78. The van der Waals surface area contributed by atoms with Gasteiger partial charge in [0, 0.05) is 19.5 Å². The second kappa shape index (κ2) is 13.8. The maximum Gasteiger partial charge on any atom is 0.407 e. The highest BCUT2D eigenvalue weighted by molar-refractivity contribution is 5.76. The van der Waals surface area contributed by atoms with Crippen molar-refractivity contribution in [2.45, 2.75) is 83.8 Å². The lowest BCUT2D eigenvalue weighted by molar-refractivity contribution is -0.143. The molecule has 4 atom stereocenters. The third kappa shape index (κ3) is 8.05. The number of carboxylic acid groups (broad SMARTS) is 1. The van der Waals surface area contributed by atoms with E-state index in [4.69, 9.17) is 4.74 Å². The molecular weight excluding hydrogens is 470 g/mol. The number of rotatable bonds is 12. The Kier molecular flexibility index (Phi) is 10.5. The summed E-state index contributed by atoms with van der Waals surface area (Å²) in [7, 11) is 0. The van der Waals surface area contributed by atoms with Crippen molar-refractivity contribution >= 4 is 18.0 Å². The number of carbonyl (C=O) groups is 3. The monoisotopic (exact) mass is 509 g/mol. The van der Waals surface area contributed by atoms with Gasteiger partial charge in [0.05, 0.1) is 12.1 Å². The van der Waals surface area contributed by atoms with Gasteiger partial charge in [0.2, 0.25) is 5.91 Å². The Morgan fingerprint density at radius 1 is 1.00 bits per heavy atom. The van der Waals surface area contributed by atoms with E-state index in [-0.39, 0.29) is 25.0 Å². The first kappa shape index (κ1) is 28.2. The molecule has 1 fully saturated rings. The molecule has 2 aromatic rings. The van der Waals surface area contributed by atoms with Gasteiger partial charge in [0.1, 0.15) is 12.6 Å². The molecular formula is C29H39N3O5. The fraction of sp³-hybridized carbons (Fsp3) is 0.483. The van der Waals surface area contributed by atoms with Gasteiger partial charge in [-0.05, 0) is 29.9 Å². The molecule has 2 amide bonds. The highest BCUT2D eigenvalue weighted by atomic mass is 16.5. The Labute approximate surface area is 219 Å². The van der Waals surface area contributed by atoms with E-state index in [0.717, 1.165) is 24.0 Å². The zero-order valence-corrected chi connectivity index (χ0v) is 21.9. The summed E-state index contributed by atoms with van der Waals surface area (Å²) in [5.41, 5.74) is 1.83. The topological polar surface area (TPSA) is 108 Å². The van der Waals surface area contributed by atoms with Gasteiger partial charge in [-0.2, -0.15) is 0 Å². The van der Waals surface area contributed by atoms with Crippen molar-refractivity contribution in [2.75, 3.05) is 0 Å². The first-order valence-electron chi connectivity index (χ1n) is 13.1. The summed E-state index contributed by atoms with van der Waals surface area (Å²) in [5.74, 6) is -0.781. The number of nitrogens with zero attached hydrogens (tertiary/aromatic N) is 1. The lowest BCUT2D eigenvalue weighted by Crippen LogP contribution is -2.58. The summed E-state index contributed by atoms with van der Waals surface area (Å²) in [6.07, 6.45) is 2.18. The van der Waals surface area contributed by atoms with Gasteiger partial charge in [-0.1, -0.05) is 87.4 Å². The first-order valence-corrected chi connectivity index (χ1v) is 13.1. The van der Waals surface area contributed by atoms with E-state index in [1.165, 1.54) is 6.92 Å². The fourth-order valence-corrected chi connectivity index (χ4v) is 5.30. The summed E-state index contributed by atoms with van der Waals surface area (Å²) in [6, 6.07) is 17.0. The summed E-state index contributed by atoms with van der Waals surface area (Å²) >= 11 is 0. The molecule has 1 saturated heterocycles. The van der Waals surface area contributed by atoms with Crippen molar-refractivity contribution in [1.82, 2.24) is 15.5 Å². The number of aliphatic carboxylic acids is 1. The van der Waals surface area contributed by atoms with Gasteiger partial charge in [0.25, 0.3) is 0 Å². The molecule has 0 saturated carbocycles. The maximum atomic E-state index is 12.9. The maximum absolute atomic E-state index is 12.9. The predicted molar refractivity (Wildman–Crippen MR) is 142 cm³/mol. The van der Waals surface area contributed by atoms with Crippen LogP contribution in [0.15, 0.2) is 60.7 Å². The predicted octanol–water partition coefficient (Wildman–Crippen LogP) is 4.34. The molecule has 0 aromatic heterocycles. The molecule has 0 spiro atoms. The highest BCUT2D eigenvalue weighted by Crippen LogP contribution is 2.32. The van der Waals surface area contributed by atoms with Crippen LogP contribution in [-0.4, -0.2) is 52.1 Å². The normalized spacial score (nSPS) is 20.4. The van der Waals surface area contributed by atoms with Gasteiger partial charge in [-0.15, -0.1) is 0 Å². The molecule has 3 N–H and O–H groups in total. The summed E-state index contributed by atoms with van der Waals surface area (Å²) < 4.78 is 5.47.